The molecule has 0 radical (unpaired) electrons. The van der Waals surface area contributed by atoms with Crippen molar-refractivity contribution < 1.29 is 9.50 Å². The predicted octanol–water partition coefficient (Wildman–Crippen LogP) is 5.24. The van der Waals surface area contributed by atoms with Gasteiger partial charge < -0.3 is 9.67 Å². The lowest BCUT2D eigenvalue weighted by atomic mass is 9.95. The molecule has 3 aromatic heterocycles. The van der Waals surface area contributed by atoms with Gasteiger partial charge in [0.05, 0.1) is 16.8 Å². The Morgan fingerprint density at radius 3 is 2.45 bits per heavy atom. The van der Waals surface area contributed by atoms with Crippen LogP contribution in [0.4, 0.5) is 4.39 Å². The molecule has 8 heteroatoms. The number of nitrogens with zero attached hydrogens (tertiary/aromatic N) is 4. The number of benzene rings is 1. The van der Waals surface area contributed by atoms with Gasteiger partial charge in [0.2, 0.25) is 0 Å². The highest BCUT2D eigenvalue weighted by molar-refractivity contribution is 6.31. The number of pyridine rings is 2. The summed E-state index contributed by atoms with van der Waals surface area (Å²) in [6.07, 6.45) is 5.01. The summed E-state index contributed by atoms with van der Waals surface area (Å²) in [7, 11) is 1.75. The molecule has 0 fully saturated rings. The fourth-order valence-electron chi connectivity index (χ4n) is 4.18. The zero-order valence-electron chi connectivity index (χ0n) is 19.4. The Hall–Kier alpha value is -3.03. The first-order valence-electron chi connectivity index (χ1n) is 10.7. The van der Waals surface area contributed by atoms with Crippen LogP contribution in [0.5, 0.6) is 0 Å². The average Bonchev–Trinajstić information content (AvgIpc) is 3.11. The zero-order chi connectivity index (χ0) is 24.2. The summed E-state index contributed by atoms with van der Waals surface area (Å²) < 4.78 is 18.5. The smallest absolute Gasteiger partial charge is 0.263 e. The topological polar surface area (TPSA) is 72.9 Å². The van der Waals surface area contributed by atoms with E-state index in [1.54, 1.807) is 56.2 Å². The van der Waals surface area contributed by atoms with Crippen LogP contribution in [0.1, 0.15) is 50.6 Å². The van der Waals surface area contributed by atoms with Crippen LogP contribution in [0.25, 0.3) is 27.7 Å². The van der Waals surface area contributed by atoms with Crippen LogP contribution in [0.15, 0.2) is 41.6 Å². The van der Waals surface area contributed by atoms with E-state index < -0.39 is 11.4 Å². The molecule has 6 nitrogen and oxygen atoms in total. The van der Waals surface area contributed by atoms with Gasteiger partial charge in [0.25, 0.3) is 5.56 Å². The molecule has 4 aromatic rings. The van der Waals surface area contributed by atoms with Gasteiger partial charge >= 0.3 is 0 Å². The minimum atomic E-state index is -1.18. The van der Waals surface area contributed by atoms with Gasteiger partial charge in [0, 0.05) is 31.2 Å². The minimum absolute atomic E-state index is 0.0454. The van der Waals surface area contributed by atoms with Crippen LogP contribution in [0, 0.1) is 12.7 Å². The Labute approximate surface area is 196 Å². The highest BCUT2D eigenvalue weighted by atomic mass is 35.5. The van der Waals surface area contributed by atoms with Crippen molar-refractivity contribution in [3.63, 3.8) is 0 Å². The van der Waals surface area contributed by atoms with Crippen molar-refractivity contribution in [2.75, 3.05) is 0 Å². The largest absolute Gasteiger partial charge is 0.383 e. The Kier molecular flexibility index (Phi) is 5.66. The van der Waals surface area contributed by atoms with Gasteiger partial charge in [0.1, 0.15) is 17.2 Å². The van der Waals surface area contributed by atoms with Gasteiger partial charge in [-0.1, -0.05) is 25.4 Å². The molecule has 0 aliphatic heterocycles. The standard InChI is InChI=1S/C25H26ClFN4O2/c1-13(2)18-11-31(21-14(3)7-8-28-22(21)26)23(32)16-10-19(27)17(9-15(16)18)20-12-30(6)24(29-20)25(4,5)33/h7-13,33H,1-6H3. The van der Waals surface area contributed by atoms with Gasteiger partial charge in [0.15, 0.2) is 5.15 Å². The maximum Gasteiger partial charge on any atom is 0.263 e. The van der Waals surface area contributed by atoms with Gasteiger partial charge in [-0.25, -0.2) is 14.4 Å². The van der Waals surface area contributed by atoms with Gasteiger partial charge in [-0.15, -0.1) is 0 Å². The third-order valence-electron chi connectivity index (χ3n) is 5.78. The number of hydrogen-bond donors (Lipinski definition) is 1. The van der Waals surface area contributed by atoms with Crippen LogP contribution in [0.2, 0.25) is 5.15 Å². The molecule has 0 spiro atoms. The molecule has 0 bridgehead atoms. The summed E-state index contributed by atoms with van der Waals surface area (Å²) in [5, 5.41) is 11.5. The summed E-state index contributed by atoms with van der Waals surface area (Å²) in [6.45, 7) is 9.12. The number of halogens is 2. The third-order valence-corrected chi connectivity index (χ3v) is 6.06. The normalized spacial score (nSPS) is 12.2. The Bertz CT molecular complexity index is 1430. The highest BCUT2D eigenvalue weighted by Gasteiger charge is 2.25. The number of imidazole rings is 1. The van der Waals surface area contributed by atoms with E-state index in [-0.39, 0.29) is 27.6 Å². The number of hydrogen-bond acceptors (Lipinski definition) is 4. The summed E-state index contributed by atoms with van der Waals surface area (Å²) in [6, 6.07) is 4.70. The van der Waals surface area contributed by atoms with Crippen LogP contribution < -0.4 is 5.56 Å². The quantitative estimate of drug-likeness (QED) is 0.416. The Morgan fingerprint density at radius 2 is 1.88 bits per heavy atom. The fraction of sp³-hybridized carbons (Fsp3) is 0.320. The molecule has 0 saturated carbocycles. The van der Waals surface area contributed by atoms with Gasteiger partial charge in [-0.05, 0) is 61.4 Å². The fourth-order valence-corrected chi connectivity index (χ4v) is 4.48. The van der Waals surface area contributed by atoms with E-state index in [2.05, 4.69) is 9.97 Å². The van der Waals surface area contributed by atoms with Crippen molar-refractivity contribution in [1.82, 2.24) is 19.1 Å². The van der Waals surface area contributed by atoms with Crippen molar-refractivity contribution in [2.24, 2.45) is 7.05 Å². The molecule has 0 aliphatic carbocycles. The molecule has 1 N–H and O–H groups in total. The molecule has 0 saturated heterocycles. The monoisotopic (exact) mass is 468 g/mol. The van der Waals surface area contributed by atoms with Crippen molar-refractivity contribution in [2.45, 2.75) is 46.1 Å². The van der Waals surface area contributed by atoms with Gasteiger partial charge in [-0.2, -0.15) is 0 Å². The molecule has 172 valence electrons. The lowest BCUT2D eigenvalue weighted by Gasteiger charge is -2.17. The lowest BCUT2D eigenvalue weighted by molar-refractivity contribution is 0.0659. The average molecular weight is 469 g/mol. The highest BCUT2D eigenvalue weighted by Crippen LogP contribution is 2.33. The summed E-state index contributed by atoms with van der Waals surface area (Å²) in [5.74, 6) is -0.108. The van der Waals surface area contributed by atoms with E-state index >= 15 is 4.39 Å². The number of aromatic nitrogens is 4. The summed E-state index contributed by atoms with van der Waals surface area (Å²) in [5.41, 5.74) is 1.23. The van der Waals surface area contributed by atoms with E-state index in [0.717, 1.165) is 11.1 Å². The van der Waals surface area contributed by atoms with E-state index in [1.165, 1.54) is 10.6 Å². The predicted molar refractivity (Wildman–Crippen MR) is 129 cm³/mol. The molecule has 0 amide bonds. The molecular weight excluding hydrogens is 443 g/mol. The zero-order valence-corrected chi connectivity index (χ0v) is 20.2. The van der Waals surface area contributed by atoms with E-state index in [1.807, 2.05) is 20.8 Å². The second kappa shape index (κ2) is 8.08. The summed E-state index contributed by atoms with van der Waals surface area (Å²) in [4.78, 5) is 22.0. The molecule has 1 aromatic carbocycles. The Morgan fingerprint density at radius 1 is 1.18 bits per heavy atom. The Balaban J connectivity index is 2.03. The first-order chi connectivity index (χ1) is 15.4. The molecule has 33 heavy (non-hydrogen) atoms. The summed E-state index contributed by atoms with van der Waals surface area (Å²) >= 11 is 6.33. The van der Waals surface area contributed by atoms with Gasteiger partial charge in [-0.3, -0.25) is 9.36 Å². The molecule has 0 unspecified atom stereocenters. The van der Waals surface area contributed by atoms with Crippen LogP contribution >= 0.6 is 11.6 Å². The first-order valence-corrected chi connectivity index (χ1v) is 11.0. The maximum absolute atomic E-state index is 15.4. The number of aliphatic hydroxyl groups is 1. The van der Waals surface area contributed by atoms with Crippen molar-refractivity contribution in [3.8, 4) is 16.9 Å². The maximum atomic E-state index is 15.4. The second-order valence-corrected chi connectivity index (χ2v) is 9.54. The van der Waals surface area contributed by atoms with Crippen molar-refractivity contribution in [1.29, 1.82) is 0 Å². The molecule has 3 heterocycles. The van der Waals surface area contributed by atoms with E-state index in [4.69, 9.17) is 11.6 Å². The molecule has 4 rings (SSSR count). The van der Waals surface area contributed by atoms with E-state index in [9.17, 15) is 9.90 Å². The van der Waals surface area contributed by atoms with Crippen molar-refractivity contribution in [3.05, 3.63) is 75.1 Å². The number of aryl methyl sites for hydroxylation is 2. The number of fused-ring (bicyclic) bond motifs is 1. The van der Waals surface area contributed by atoms with Crippen LogP contribution in [-0.4, -0.2) is 24.2 Å². The number of rotatable bonds is 4. The van der Waals surface area contributed by atoms with Crippen molar-refractivity contribution >= 4 is 22.4 Å². The first kappa shape index (κ1) is 23.1. The third kappa shape index (κ3) is 3.96. The molecular formula is C25H26ClFN4O2. The lowest BCUT2D eigenvalue weighted by Crippen LogP contribution is -2.21. The SMILES string of the molecule is Cc1ccnc(Cl)c1-n1cc(C(C)C)c2cc(-c3cn(C)c(C(C)(C)O)n3)c(F)cc2c1=O. The molecule has 0 atom stereocenters. The minimum Gasteiger partial charge on any atom is -0.383 e. The molecule has 0 aliphatic rings. The second-order valence-electron chi connectivity index (χ2n) is 9.18. The van der Waals surface area contributed by atoms with Crippen LogP contribution in [0.3, 0.4) is 0 Å². The van der Waals surface area contributed by atoms with E-state index in [0.29, 0.717) is 22.6 Å². The van der Waals surface area contributed by atoms with Crippen LogP contribution in [-0.2, 0) is 12.6 Å².